The van der Waals surface area contributed by atoms with Gasteiger partial charge < -0.3 is 20.8 Å². The molecule has 0 unspecified atom stereocenters. The van der Waals surface area contributed by atoms with E-state index in [-0.39, 0.29) is 17.2 Å². The first-order valence-corrected chi connectivity index (χ1v) is 19.9. The average molecular weight is 691 g/mol. The molecule has 0 spiro atoms. The van der Waals surface area contributed by atoms with Crippen molar-refractivity contribution in [1.82, 2.24) is 10.6 Å². The molecular weight excluding hydrogens is 637 g/mol. The summed E-state index contributed by atoms with van der Waals surface area (Å²) in [5, 5.41) is 29.9. The smallest absolute Gasteiger partial charge is 0.242 e. The zero-order chi connectivity index (χ0) is 35.0. The van der Waals surface area contributed by atoms with Gasteiger partial charge in [-0.3, -0.25) is 9.59 Å². The third kappa shape index (κ3) is 10.9. The highest BCUT2D eigenvalue weighted by atomic mass is 32.2. The van der Waals surface area contributed by atoms with Crippen LogP contribution in [0.25, 0.3) is 10.8 Å². The second-order valence-corrected chi connectivity index (χ2v) is 17.0. The number of carbonyl (C=O) groups is 2. The summed E-state index contributed by atoms with van der Waals surface area (Å²) in [7, 11) is -3.87. The predicted octanol–water partition coefficient (Wildman–Crippen LogP) is 5.98. The van der Waals surface area contributed by atoms with Crippen molar-refractivity contribution in [3.05, 3.63) is 78.4 Å². The molecule has 2 fully saturated rings. The molecule has 4 N–H and O–H groups in total. The molecule has 5 atom stereocenters. The van der Waals surface area contributed by atoms with Crippen molar-refractivity contribution in [3.63, 3.8) is 0 Å². The summed E-state index contributed by atoms with van der Waals surface area (Å²) in [6.07, 6.45) is 6.86. The first-order valence-electron chi connectivity index (χ1n) is 18.2. The van der Waals surface area contributed by atoms with Crippen molar-refractivity contribution in [2.45, 2.75) is 114 Å². The van der Waals surface area contributed by atoms with E-state index in [0.717, 1.165) is 54.9 Å². The van der Waals surface area contributed by atoms with Gasteiger partial charge in [-0.15, -0.1) is 0 Å². The maximum absolute atomic E-state index is 14.1. The molecule has 2 aliphatic carbocycles. The number of amides is 2. The molecular formula is C40H54N2O6S. The molecule has 3 aromatic rings. The predicted molar refractivity (Wildman–Crippen MR) is 193 cm³/mol. The quantitative estimate of drug-likeness (QED) is 0.138. The van der Waals surface area contributed by atoms with E-state index in [0.29, 0.717) is 31.1 Å². The normalized spacial score (nSPS) is 18.8. The van der Waals surface area contributed by atoms with Crippen LogP contribution in [0.5, 0.6) is 0 Å². The number of nitrogens with one attached hydrogen (secondary N) is 2. The van der Waals surface area contributed by atoms with Crippen LogP contribution in [0.15, 0.2) is 77.7 Å². The van der Waals surface area contributed by atoms with E-state index in [2.05, 4.69) is 10.6 Å². The SMILES string of the molecule is CC(C)C[C@H](O)[C@H](O)[C@H](CC1CCCCC1)NC(=O)[C@H](CC1CC1)NC(=O)[C@H](Cc1ccccc1)CS(=O)(=O)c1ccc2ccccc2c1. The van der Waals surface area contributed by atoms with Gasteiger partial charge in [0.05, 0.1) is 28.7 Å². The summed E-state index contributed by atoms with van der Waals surface area (Å²) < 4.78 is 27.7. The molecule has 0 bridgehead atoms. The number of aliphatic hydroxyl groups is 2. The fourth-order valence-electron chi connectivity index (χ4n) is 7.30. The van der Waals surface area contributed by atoms with Crippen LogP contribution in [0, 0.1) is 23.7 Å². The largest absolute Gasteiger partial charge is 0.390 e. The highest BCUT2D eigenvalue weighted by molar-refractivity contribution is 7.91. The third-order valence-electron chi connectivity index (χ3n) is 10.3. The zero-order valence-corrected chi connectivity index (χ0v) is 29.8. The lowest BCUT2D eigenvalue weighted by atomic mass is 9.82. The Bertz CT molecular complexity index is 1630. The highest BCUT2D eigenvalue weighted by Gasteiger charge is 2.37. The number of hydrogen-bond donors (Lipinski definition) is 4. The molecule has 0 heterocycles. The van der Waals surface area contributed by atoms with E-state index >= 15 is 0 Å². The summed E-state index contributed by atoms with van der Waals surface area (Å²) in [4.78, 5) is 28.3. The van der Waals surface area contributed by atoms with Gasteiger partial charge in [0.2, 0.25) is 11.8 Å². The molecule has 0 radical (unpaired) electrons. The molecule has 8 nitrogen and oxygen atoms in total. The topological polar surface area (TPSA) is 133 Å². The molecule has 9 heteroatoms. The Balaban J connectivity index is 1.36. The Morgan fingerprint density at radius 2 is 1.43 bits per heavy atom. The Kier molecular flexibility index (Phi) is 12.9. The Hall–Kier alpha value is -3.27. The minimum atomic E-state index is -3.87. The summed E-state index contributed by atoms with van der Waals surface area (Å²) in [6, 6.07) is 20.4. The fraction of sp³-hybridized carbons (Fsp3) is 0.550. The lowest BCUT2D eigenvalue weighted by molar-refractivity contribution is -0.132. The van der Waals surface area contributed by atoms with Crippen LogP contribution in [0.1, 0.15) is 83.6 Å². The maximum Gasteiger partial charge on any atom is 0.242 e. The van der Waals surface area contributed by atoms with Crippen LogP contribution in [-0.4, -0.2) is 60.5 Å². The van der Waals surface area contributed by atoms with Gasteiger partial charge in [0.15, 0.2) is 9.84 Å². The van der Waals surface area contributed by atoms with Gasteiger partial charge in [0.1, 0.15) is 12.1 Å². The first-order chi connectivity index (χ1) is 23.5. The molecule has 0 aromatic heterocycles. The van der Waals surface area contributed by atoms with Crippen LogP contribution >= 0.6 is 0 Å². The summed E-state index contributed by atoms with van der Waals surface area (Å²) in [6.45, 7) is 3.97. The average Bonchev–Trinajstić information content (AvgIpc) is 3.91. The van der Waals surface area contributed by atoms with Gasteiger partial charge in [0.25, 0.3) is 0 Å². The van der Waals surface area contributed by atoms with Gasteiger partial charge in [-0.05, 0) is 71.9 Å². The Morgan fingerprint density at radius 3 is 2.10 bits per heavy atom. The van der Waals surface area contributed by atoms with Crippen molar-refractivity contribution in [1.29, 1.82) is 0 Å². The monoisotopic (exact) mass is 690 g/mol. The van der Waals surface area contributed by atoms with Crippen molar-refractivity contribution in [2.24, 2.45) is 23.7 Å². The van der Waals surface area contributed by atoms with Gasteiger partial charge in [-0.2, -0.15) is 0 Å². The third-order valence-corrected chi connectivity index (χ3v) is 12.1. The Labute approximate surface area is 292 Å². The number of rotatable bonds is 17. The molecule has 3 aromatic carbocycles. The van der Waals surface area contributed by atoms with Crippen LogP contribution in [0.3, 0.4) is 0 Å². The standard InChI is InChI=1S/C40H54N2O6S/c1-27(2)21-37(43)38(44)35(23-29-13-7-4-8-14-29)41-40(46)36(24-30-17-18-30)42-39(45)33(22-28-11-5-3-6-12-28)26-49(47,48)34-20-19-31-15-9-10-16-32(31)25-34/h3,5-6,9-12,15-16,19-20,25,27,29-30,33,35-38,43-44H,4,7-8,13-14,17-18,21-24,26H2,1-2H3,(H,41,46)(H,42,45)/t33-,35+,36+,37+,38-/m1/s1. The van der Waals surface area contributed by atoms with Crippen LogP contribution in [0.2, 0.25) is 0 Å². The fourth-order valence-corrected chi connectivity index (χ4v) is 8.87. The van der Waals surface area contributed by atoms with Crippen molar-refractivity contribution < 1.29 is 28.2 Å². The van der Waals surface area contributed by atoms with E-state index in [9.17, 15) is 28.2 Å². The molecule has 0 saturated heterocycles. The van der Waals surface area contributed by atoms with Crippen molar-refractivity contribution in [3.8, 4) is 0 Å². The van der Waals surface area contributed by atoms with E-state index in [1.165, 1.54) is 6.42 Å². The van der Waals surface area contributed by atoms with Gasteiger partial charge in [-0.1, -0.05) is 119 Å². The molecule has 49 heavy (non-hydrogen) atoms. The molecule has 0 aliphatic heterocycles. The molecule has 2 saturated carbocycles. The molecule has 2 amide bonds. The second kappa shape index (κ2) is 17.1. The minimum absolute atomic E-state index is 0.156. The van der Waals surface area contributed by atoms with Crippen molar-refractivity contribution in [2.75, 3.05) is 5.75 Å². The number of sulfone groups is 1. The molecule has 2 aliphatic rings. The van der Waals surface area contributed by atoms with E-state index in [4.69, 9.17) is 0 Å². The lowest BCUT2D eigenvalue weighted by Crippen LogP contribution is -2.56. The van der Waals surface area contributed by atoms with Gasteiger partial charge in [0, 0.05) is 0 Å². The van der Waals surface area contributed by atoms with Gasteiger partial charge in [-0.25, -0.2) is 8.42 Å². The van der Waals surface area contributed by atoms with Gasteiger partial charge >= 0.3 is 0 Å². The number of hydrogen-bond acceptors (Lipinski definition) is 6. The minimum Gasteiger partial charge on any atom is -0.390 e. The summed E-state index contributed by atoms with van der Waals surface area (Å²) in [5.74, 6) is -1.43. The first kappa shape index (κ1) is 37.0. The Morgan fingerprint density at radius 1 is 0.776 bits per heavy atom. The van der Waals surface area contributed by atoms with Crippen molar-refractivity contribution >= 4 is 32.4 Å². The summed E-state index contributed by atoms with van der Waals surface area (Å²) >= 11 is 0. The number of aliphatic hydroxyl groups excluding tert-OH is 2. The van der Waals surface area contributed by atoms with Crippen LogP contribution < -0.4 is 10.6 Å². The summed E-state index contributed by atoms with van der Waals surface area (Å²) in [5.41, 5.74) is 0.828. The molecule has 5 rings (SSSR count). The van der Waals surface area contributed by atoms with E-state index in [1.54, 1.807) is 18.2 Å². The van der Waals surface area contributed by atoms with Crippen LogP contribution in [0.4, 0.5) is 0 Å². The molecule has 266 valence electrons. The van der Waals surface area contributed by atoms with E-state index in [1.807, 2.05) is 68.4 Å². The van der Waals surface area contributed by atoms with E-state index < -0.39 is 57.6 Å². The maximum atomic E-state index is 14.1. The number of fused-ring (bicyclic) bond motifs is 1. The zero-order valence-electron chi connectivity index (χ0n) is 29.0. The number of carbonyl (C=O) groups excluding carboxylic acids is 2. The highest BCUT2D eigenvalue weighted by Crippen LogP contribution is 2.34. The second-order valence-electron chi connectivity index (χ2n) is 15.0. The van der Waals surface area contributed by atoms with Crippen LogP contribution in [-0.2, 0) is 25.8 Å². The lowest BCUT2D eigenvalue weighted by Gasteiger charge is -2.34. The number of benzene rings is 3.